The number of nitrogens with zero attached hydrogens (tertiary/aromatic N) is 1. The van der Waals surface area contributed by atoms with E-state index in [0.29, 0.717) is 6.04 Å². The lowest BCUT2D eigenvalue weighted by atomic mass is 9.97. The SMILES string of the molecule is CCC(C)CC(CC)Nc1cccc2ncccc12. The van der Waals surface area contributed by atoms with Crippen LogP contribution in [0.4, 0.5) is 5.69 Å². The summed E-state index contributed by atoms with van der Waals surface area (Å²) in [5.41, 5.74) is 2.27. The summed E-state index contributed by atoms with van der Waals surface area (Å²) >= 11 is 0. The minimum absolute atomic E-state index is 0.542. The molecule has 2 heteroatoms. The predicted molar refractivity (Wildman–Crippen MR) is 83.5 cm³/mol. The number of aromatic nitrogens is 1. The Morgan fingerprint density at radius 1 is 1.11 bits per heavy atom. The van der Waals surface area contributed by atoms with Gasteiger partial charge < -0.3 is 5.32 Å². The van der Waals surface area contributed by atoms with Gasteiger partial charge in [-0.25, -0.2) is 0 Å². The molecule has 0 fully saturated rings. The van der Waals surface area contributed by atoms with Crippen LogP contribution in [0.15, 0.2) is 36.5 Å². The Morgan fingerprint density at radius 3 is 2.68 bits per heavy atom. The monoisotopic (exact) mass is 256 g/mol. The average molecular weight is 256 g/mol. The summed E-state index contributed by atoms with van der Waals surface area (Å²) in [4.78, 5) is 4.41. The van der Waals surface area contributed by atoms with Gasteiger partial charge in [-0.3, -0.25) is 4.98 Å². The summed E-state index contributed by atoms with van der Waals surface area (Å²) in [5, 5.41) is 4.91. The maximum atomic E-state index is 4.41. The number of anilines is 1. The van der Waals surface area contributed by atoms with E-state index in [2.05, 4.69) is 55.3 Å². The Morgan fingerprint density at radius 2 is 1.95 bits per heavy atom. The molecule has 0 saturated carbocycles. The van der Waals surface area contributed by atoms with E-state index in [1.807, 2.05) is 12.3 Å². The zero-order valence-electron chi connectivity index (χ0n) is 12.2. The maximum absolute atomic E-state index is 4.41. The molecule has 0 aliphatic rings. The summed E-state index contributed by atoms with van der Waals surface area (Å²) in [6.07, 6.45) is 5.47. The third-order valence-corrected chi connectivity index (χ3v) is 3.88. The van der Waals surface area contributed by atoms with Gasteiger partial charge in [0.1, 0.15) is 0 Å². The molecule has 2 aromatic rings. The Labute approximate surface area is 116 Å². The minimum Gasteiger partial charge on any atom is -0.382 e. The highest BCUT2D eigenvalue weighted by Gasteiger charge is 2.11. The average Bonchev–Trinajstić information content (AvgIpc) is 2.46. The van der Waals surface area contributed by atoms with E-state index in [0.717, 1.165) is 17.9 Å². The molecule has 0 amide bonds. The molecule has 0 aliphatic heterocycles. The van der Waals surface area contributed by atoms with Crippen molar-refractivity contribution < 1.29 is 0 Å². The number of hydrogen-bond donors (Lipinski definition) is 1. The first kappa shape index (κ1) is 13.9. The molecule has 1 N–H and O–H groups in total. The van der Waals surface area contributed by atoms with E-state index >= 15 is 0 Å². The van der Waals surface area contributed by atoms with Gasteiger partial charge in [-0.05, 0) is 43.0 Å². The molecule has 1 heterocycles. The molecule has 2 unspecified atom stereocenters. The number of hydrogen-bond acceptors (Lipinski definition) is 2. The maximum Gasteiger partial charge on any atom is 0.0722 e. The highest BCUT2D eigenvalue weighted by Crippen LogP contribution is 2.24. The van der Waals surface area contributed by atoms with E-state index < -0.39 is 0 Å². The van der Waals surface area contributed by atoms with E-state index in [1.54, 1.807) is 0 Å². The molecular formula is C17H24N2. The second kappa shape index (κ2) is 6.55. The molecule has 2 rings (SSSR count). The molecule has 1 aromatic carbocycles. The highest BCUT2D eigenvalue weighted by molar-refractivity contribution is 5.91. The van der Waals surface area contributed by atoms with Crippen LogP contribution in [0.1, 0.15) is 40.0 Å². The van der Waals surface area contributed by atoms with Crippen LogP contribution >= 0.6 is 0 Å². The van der Waals surface area contributed by atoms with Crippen molar-refractivity contribution in [2.24, 2.45) is 5.92 Å². The summed E-state index contributed by atoms with van der Waals surface area (Å²) in [6.45, 7) is 6.84. The van der Waals surface area contributed by atoms with Gasteiger partial charge in [0.05, 0.1) is 5.52 Å². The molecule has 0 radical (unpaired) electrons. The quantitative estimate of drug-likeness (QED) is 0.798. The molecular weight excluding hydrogens is 232 g/mol. The van der Waals surface area contributed by atoms with Gasteiger partial charge in [-0.1, -0.05) is 33.3 Å². The molecule has 1 aromatic heterocycles. The molecule has 0 spiro atoms. The van der Waals surface area contributed by atoms with Crippen LogP contribution in [0.25, 0.3) is 10.9 Å². The molecule has 0 aliphatic carbocycles. The van der Waals surface area contributed by atoms with Crippen molar-refractivity contribution in [1.82, 2.24) is 4.98 Å². The first-order valence-electron chi connectivity index (χ1n) is 7.34. The molecule has 2 atom stereocenters. The Bertz CT molecular complexity index is 516. The van der Waals surface area contributed by atoms with Crippen LogP contribution in [0.2, 0.25) is 0 Å². The van der Waals surface area contributed by atoms with Gasteiger partial charge in [0.15, 0.2) is 0 Å². The summed E-state index contributed by atoms with van der Waals surface area (Å²) in [7, 11) is 0. The molecule has 0 bridgehead atoms. The fourth-order valence-corrected chi connectivity index (χ4v) is 2.43. The molecule has 102 valence electrons. The second-order valence-corrected chi connectivity index (χ2v) is 5.37. The van der Waals surface area contributed by atoms with Crippen molar-refractivity contribution in [3.05, 3.63) is 36.5 Å². The first-order valence-corrected chi connectivity index (χ1v) is 7.34. The Hall–Kier alpha value is -1.57. The number of pyridine rings is 1. The third-order valence-electron chi connectivity index (χ3n) is 3.88. The Balaban J connectivity index is 2.19. The van der Waals surface area contributed by atoms with Gasteiger partial charge in [0, 0.05) is 23.3 Å². The van der Waals surface area contributed by atoms with E-state index in [4.69, 9.17) is 0 Å². The molecule has 0 saturated heterocycles. The summed E-state index contributed by atoms with van der Waals surface area (Å²) in [6, 6.07) is 11.0. The highest BCUT2D eigenvalue weighted by atomic mass is 14.9. The zero-order chi connectivity index (χ0) is 13.7. The van der Waals surface area contributed by atoms with Crippen molar-refractivity contribution in [2.75, 3.05) is 5.32 Å². The molecule has 19 heavy (non-hydrogen) atoms. The summed E-state index contributed by atoms with van der Waals surface area (Å²) < 4.78 is 0. The lowest BCUT2D eigenvalue weighted by Gasteiger charge is -2.22. The normalized spacial score (nSPS) is 14.3. The zero-order valence-corrected chi connectivity index (χ0v) is 12.2. The number of nitrogens with one attached hydrogen (secondary N) is 1. The van der Waals surface area contributed by atoms with Crippen molar-refractivity contribution in [1.29, 1.82) is 0 Å². The lowest BCUT2D eigenvalue weighted by Crippen LogP contribution is -2.21. The fourth-order valence-electron chi connectivity index (χ4n) is 2.43. The van der Waals surface area contributed by atoms with E-state index in [9.17, 15) is 0 Å². The van der Waals surface area contributed by atoms with E-state index in [1.165, 1.54) is 23.9 Å². The van der Waals surface area contributed by atoms with Crippen molar-refractivity contribution in [3.63, 3.8) is 0 Å². The first-order chi connectivity index (χ1) is 9.24. The summed E-state index contributed by atoms with van der Waals surface area (Å²) in [5.74, 6) is 0.769. The topological polar surface area (TPSA) is 24.9 Å². The molecule has 2 nitrogen and oxygen atoms in total. The van der Waals surface area contributed by atoms with Gasteiger partial charge in [0.2, 0.25) is 0 Å². The van der Waals surface area contributed by atoms with Crippen LogP contribution in [-0.4, -0.2) is 11.0 Å². The minimum atomic E-state index is 0.542. The standard InChI is InChI=1S/C17H24N2/c1-4-13(3)12-14(5-2)19-17-10-6-9-16-15(17)8-7-11-18-16/h6-11,13-14,19H,4-5,12H2,1-3H3. The van der Waals surface area contributed by atoms with Gasteiger partial charge >= 0.3 is 0 Å². The third kappa shape index (κ3) is 3.46. The van der Waals surface area contributed by atoms with Gasteiger partial charge in [0.25, 0.3) is 0 Å². The van der Waals surface area contributed by atoms with Crippen LogP contribution < -0.4 is 5.32 Å². The smallest absolute Gasteiger partial charge is 0.0722 e. The van der Waals surface area contributed by atoms with Gasteiger partial charge in [-0.2, -0.15) is 0 Å². The van der Waals surface area contributed by atoms with E-state index in [-0.39, 0.29) is 0 Å². The van der Waals surface area contributed by atoms with Crippen LogP contribution in [0.3, 0.4) is 0 Å². The largest absolute Gasteiger partial charge is 0.382 e. The van der Waals surface area contributed by atoms with Gasteiger partial charge in [-0.15, -0.1) is 0 Å². The predicted octanol–water partition coefficient (Wildman–Crippen LogP) is 4.86. The van der Waals surface area contributed by atoms with Crippen molar-refractivity contribution in [3.8, 4) is 0 Å². The number of rotatable bonds is 6. The number of benzene rings is 1. The van der Waals surface area contributed by atoms with Crippen LogP contribution in [-0.2, 0) is 0 Å². The van der Waals surface area contributed by atoms with Crippen molar-refractivity contribution in [2.45, 2.75) is 46.1 Å². The second-order valence-electron chi connectivity index (χ2n) is 5.37. The lowest BCUT2D eigenvalue weighted by molar-refractivity contribution is 0.462. The van der Waals surface area contributed by atoms with Crippen molar-refractivity contribution >= 4 is 16.6 Å². The van der Waals surface area contributed by atoms with Crippen LogP contribution in [0.5, 0.6) is 0 Å². The van der Waals surface area contributed by atoms with Crippen LogP contribution in [0, 0.1) is 5.92 Å². The number of fused-ring (bicyclic) bond motifs is 1. The Kier molecular flexibility index (Phi) is 4.78. The fraction of sp³-hybridized carbons (Fsp3) is 0.471.